The Morgan fingerprint density at radius 2 is 1.61 bits per heavy atom. The third kappa shape index (κ3) is 8.93. The van der Waals surface area contributed by atoms with E-state index in [4.69, 9.17) is 0 Å². The highest BCUT2D eigenvalue weighted by molar-refractivity contribution is 5.96. The summed E-state index contributed by atoms with van der Waals surface area (Å²) in [5.74, 6) is 0.733. The molecule has 23 heavy (non-hydrogen) atoms. The number of benzene rings is 1. The summed E-state index contributed by atoms with van der Waals surface area (Å²) in [6.45, 7) is 11.2. The SMILES string of the molecule is CCCCCCCc1ccc(C(=O)CC(C)CC(C)(C)C)cc1. The molecule has 0 aliphatic carbocycles. The van der Waals surface area contributed by atoms with E-state index in [1.807, 2.05) is 12.1 Å². The molecule has 1 atom stereocenters. The van der Waals surface area contributed by atoms with Crippen LogP contribution in [0.5, 0.6) is 0 Å². The lowest BCUT2D eigenvalue weighted by atomic mass is 9.83. The minimum atomic E-state index is 0.288. The molecular weight excluding hydrogens is 280 g/mol. The predicted octanol–water partition coefficient (Wildman–Crippen LogP) is 6.84. The molecule has 0 saturated heterocycles. The van der Waals surface area contributed by atoms with Crippen molar-refractivity contribution in [2.24, 2.45) is 11.3 Å². The summed E-state index contributed by atoms with van der Waals surface area (Å²) in [6.07, 6.45) is 9.46. The molecule has 1 heteroatoms. The maximum atomic E-state index is 12.4. The van der Waals surface area contributed by atoms with Crippen molar-refractivity contribution >= 4 is 5.78 Å². The van der Waals surface area contributed by atoms with Crippen LogP contribution < -0.4 is 0 Å². The molecule has 0 saturated carbocycles. The van der Waals surface area contributed by atoms with Gasteiger partial charge in [0.15, 0.2) is 5.78 Å². The summed E-state index contributed by atoms with van der Waals surface area (Å²) in [7, 11) is 0. The van der Waals surface area contributed by atoms with Crippen LogP contribution >= 0.6 is 0 Å². The Balaban J connectivity index is 2.41. The van der Waals surface area contributed by atoms with E-state index in [-0.39, 0.29) is 5.78 Å². The second-order valence-corrected chi connectivity index (χ2v) is 8.36. The Morgan fingerprint density at radius 3 is 2.17 bits per heavy atom. The van der Waals surface area contributed by atoms with Gasteiger partial charge in [-0.25, -0.2) is 0 Å². The number of unbranched alkanes of at least 4 members (excludes halogenated alkanes) is 4. The van der Waals surface area contributed by atoms with Crippen molar-refractivity contribution in [3.05, 3.63) is 35.4 Å². The molecule has 1 rings (SSSR count). The number of hydrogen-bond donors (Lipinski definition) is 0. The van der Waals surface area contributed by atoms with Crippen molar-refractivity contribution < 1.29 is 4.79 Å². The van der Waals surface area contributed by atoms with Crippen molar-refractivity contribution in [1.29, 1.82) is 0 Å². The highest BCUT2D eigenvalue weighted by Crippen LogP contribution is 2.27. The monoisotopic (exact) mass is 316 g/mol. The van der Waals surface area contributed by atoms with E-state index in [0.717, 1.165) is 18.4 Å². The van der Waals surface area contributed by atoms with E-state index < -0.39 is 0 Å². The average molecular weight is 317 g/mol. The van der Waals surface area contributed by atoms with E-state index in [2.05, 4.69) is 46.8 Å². The zero-order valence-electron chi connectivity index (χ0n) is 16.0. The first-order chi connectivity index (χ1) is 10.8. The molecule has 0 heterocycles. The summed E-state index contributed by atoms with van der Waals surface area (Å²) in [5, 5.41) is 0. The molecule has 0 fully saturated rings. The lowest BCUT2D eigenvalue weighted by Crippen LogP contribution is -2.14. The summed E-state index contributed by atoms with van der Waals surface area (Å²) >= 11 is 0. The average Bonchev–Trinajstić information content (AvgIpc) is 2.45. The third-order valence-electron chi connectivity index (χ3n) is 4.34. The second-order valence-electron chi connectivity index (χ2n) is 8.36. The highest BCUT2D eigenvalue weighted by atomic mass is 16.1. The molecule has 130 valence electrons. The first-order valence-corrected chi connectivity index (χ1v) is 9.44. The van der Waals surface area contributed by atoms with Gasteiger partial charge in [-0.1, -0.05) is 84.6 Å². The highest BCUT2D eigenvalue weighted by Gasteiger charge is 2.18. The maximum absolute atomic E-state index is 12.4. The number of carbonyl (C=O) groups is 1. The molecule has 0 spiro atoms. The fraction of sp³-hybridized carbons (Fsp3) is 0.682. The van der Waals surface area contributed by atoms with Gasteiger partial charge < -0.3 is 0 Å². The molecule has 0 bridgehead atoms. The molecule has 0 aliphatic heterocycles. The smallest absolute Gasteiger partial charge is 0.163 e. The first-order valence-electron chi connectivity index (χ1n) is 9.44. The van der Waals surface area contributed by atoms with Gasteiger partial charge in [-0.05, 0) is 36.2 Å². The van der Waals surface area contributed by atoms with Crippen molar-refractivity contribution in [3.8, 4) is 0 Å². The van der Waals surface area contributed by atoms with Crippen molar-refractivity contribution in [2.45, 2.75) is 86.0 Å². The predicted molar refractivity (Wildman–Crippen MR) is 101 cm³/mol. The van der Waals surface area contributed by atoms with Crippen molar-refractivity contribution in [3.63, 3.8) is 0 Å². The zero-order chi connectivity index (χ0) is 17.3. The molecule has 1 aromatic rings. The lowest BCUT2D eigenvalue weighted by molar-refractivity contribution is 0.0954. The lowest BCUT2D eigenvalue weighted by Gasteiger charge is -2.22. The van der Waals surface area contributed by atoms with Gasteiger partial charge in [0.25, 0.3) is 0 Å². The molecule has 1 unspecified atom stereocenters. The van der Waals surface area contributed by atoms with Gasteiger partial charge in [0.05, 0.1) is 0 Å². The summed E-state index contributed by atoms with van der Waals surface area (Å²) in [6, 6.07) is 8.32. The first kappa shape index (κ1) is 19.9. The van der Waals surface area contributed by atoms with Crippen LogP contribution in [0.25, 0.3) is 0 Å². The van der Waals surface area contributed by atoms with Crippen molar-refractivity contribution in [1.82, 2.24) is 0 Å². The fourth-order valence-corrected chi connectivity index (χ4v) is 3.34. The second kappa shape index (κ2) is 9.90. The summed E-state index contributed by atoms with van der Waals surface area (Å²) in [5.41, 5.74) is 2.53. The van der Waals surface area contributed by atoms with Crippen LogP contribution in [0.1, 0.15) is 95.5 Å². The number of Topliss-reactive ketones (excluding diaryl/α,β-unsaturated/α-hetero) is 1. The van der Waals surface area contributed by atoms with Gasteiger partial charge >= 0.3 is 0 Å². The molecule has 0 amide bonds. The maximum Gasteiger partial charge on any atom is 0.163 e. The minimum absolute atomic E-state index is 0.288. The van der Waals surface area contributed by atoms with E-state index in [0.29, 0.717) is 17.8 Å². The molecular formula is C22H36O. The van der Waals surface area contributed by atoms with Crippen LogP contribution in [0.4, 0.5) is 0 Å². The minimum Gasteiger partial charge on any atom is -0.294 e. The number of rotatable bonds is 10. The third-order valence-corrected chi connectivity index (χ3v) is 4.34. The van der Waals surface area contributed by atoms with Crippen LogP contribution in [-0.4, -0.2) is 5.78 Å². The van der Waals surface area contributed by atoms with Gasteiger partial charge in [0.2, 0.25) is 0 Å². The Morgan fingerprint density at radius 1 is 1.00 bits per heavy atom. The van der Waals surface area contributed by atoms with E-state index >= 15 is 0 Å². The molecule has 1 aromatic carbocycles. The molecule has 0 N–H and O–H groups in total. The van der Waals surface area contributed by atoms with E-state index in [1.165, 1.54) is 37.7 Å². The fourth-order valence-electron chi connectivity index (χ4n) is 3.34. The zero-order valence-corrected chi connectivity index (χ0v) is 16.0. The van der Waals surface area contributed by atoms with Gasteiger partial charge in [-0.3, -0.25) is 4.79 Å². The topological polar surface area (TPSA) is 17.1 Å². The van der Waals surface area contributed by atoms with Gasteiger partial charge in [-0.2, -0.15) is 0 Å². The molecule has 0 aromatic heterocycles. The Bertz CT molecular complexity index is 450. The van der Waals surface area contributed by atoms with Gasteiger partial charge in [0.1, 0.15) is 0 Å². The van der Waals surface area contributed by atoms with Gasteiger partial charge in [-0.15, -0.1) is 0 Å². The molecule has 0 radical (unpaired) electrons. The number of ketones is 1. The normalized spacial score (nSPS) is 13.1. The number of hydrogen-bond acceptors (Lipinski definition) is 1. The number of carbonyl (C=O) groups excluding carboxylic acids is 1. The summed E-state index contributed by atoms with van der Waals surface area (Å²) < 4.78 is 0. The molecule has 1 nitrogen and oxygen atoms in total. The van der Waals surface area contributed by atoms with Crippen LogP contribution in [0.15, 0.2) is 24.3 Å². The standard InChI is InChI=1S/C22H36O/c1-6-7-8-9-10-11-19-12-14-20(15-13-19)21(23)16-18(2)17-22(3,4)5/h12-15,18H,6-11,16-17H2,1-5H3. The van der Waals surface area contributed by atoms with Gasteiger partial charge in [0, 0.05) is 12.0 Å². The number of aryl methyl sites for hydroxylation is 1. The quantitative estimate of drug-likeness (QED) is 0.341. The van der Waals surface area contributed by atoms with Crippen LogP contribution in [-0.2, 0) is 6.42 Å². The summed E-state index contributed by atoms with van der Waals surface area (Å²) in [4.78, 5) is 12.4. The molecule has 0 aliphatic rings. The Kier molecular flexibility index (Phi) is 8.58. The van der Waals surface area contributed by atoms with Crippen LogP contribution in [0.2, 0.25) is 0 Å². The Hall–Kier alpha value is -1.11. The van der Waals surface area contributed by atoms with E-state index in [9.17, 15) is 4.79 Å². The van der Waals surface area contributed by atoms with Crippen LogP contribution in [0, 0.1) is 11.3 Å². The van der Waals surface area contributed by atoms with E-state index in [1.54, 1.807) is 0 Å². The largest absolute Gasteiger partial charge is 0.294 e. The van der Waals surface area contributed by atoms with Crippen LogP contribution in [0.3, 0.4) is 0 Å². The van der Waals surface area contributed by atoms with Crippen molar-refractivity contribution in [2.75, 3.05) is 0 Å². The Labute approximate surface area is 143 Å².